The van der Waals surface area contributed by atoms with Crippen LogP contribution in [-0.2, 0) is 22.6 Å². The summed E-state index contributed by atoms with van der Waals surface area (Å²) < 4.78 is 17.4. The molecule has 0 unspecified atom stereocenters. The van der Waals surface area contributed by atoms with Gasteiger partial charge in [-0.05, 0) is 72.5 Å². The Kier molecular flexibility index (Phi) is 8.05. The highest BCUT2D eigenvalue weighted by molar-refractivity contribution is 6.46. The topological polar surface area (TPSA) is 98.2 Å². The molecule has 3 aromatic rings. The van der Waals surface area contributed by atoms with Crippen molar-refractivity contribution in [2.45, 2.75) is 58.2 Å². The van der Waals surface area contributed by atoms with Crippen LogP contribution >= 0.6 is 0 Å². The molecule has 0 bridgehead atoms. The lowest BCUT2D eigenvalue weighted by Gasteiger charge is -2.26. The van der Waals surface area contributed by atoms with Gasteiger partial charge in [0.1, 0.15) is 17.6 Å². The van der Waals surface area contributed by atoms with Crippen LogP contribution in [0.15, 0.2) is 66.5 Å². The van der Waals surface area contributed by atoms with Crippen molar-refractivity contribution in [2.75, 3.05) is 13.7 Å². The molecule has 0 aliphatic carbocycles. The highest BCUT2D eigenvalue weighted by atomic mass is 16.5. The van der Waals surface area contributed by atoms with Gasteiger partial charge in [-0.2, -0.15) is 0 Å². The van der Waals surface area contributed by atoms with Gasteiger partial charge >= 0.3 is 0 Å². The zero-order valence-corrected chi connectivity index (χ0v) is 23.1. The summed E-state index contributed by atoms with van der Waals surface area (Å²) >= 11 is 0. The maximum Gasteiger partial charge on any atom is 0.295 e. The monoisotopic (exact) mass is 542 g/mol. The predicted octanol–water partition coefficient (Wildman–Crippen LogP) is 5.60. The summed E-state index contributed by atoms with van der Waals surface area (Å²) in [6, 6.07) is 13.5. The second kappa shape index (κ2) is 11.8. The van der Waals surface area contributed by atoms with Crippen molar-refractivity contribution in [3.8, 4) is 17.2 Å². The Balaban J connectivity index is 1.58. The van der Waals surface area contributed by atoms with E-state index in [0.29, 0.717) is 35.7 Å². The number of fused-ring (bicyclic) bond motifs is 1. The van der Waals surface area contributed by atoms with Gasteiger partial charge in [-0.1, -0.05) is 25.8 Å². The zero-order valence-electron chi connectivity index (χ0n) is 23.1. The normalized spacial score (nSPS) is 19.4. The Labute approximate surface area is 234 Å². The van der Waals surface area contributed by atoms with E-state index >= 15 is 0 Å². The highest BCUT2D eigenvalue weighted by Gasteiger charge is 2.46. The molecule has 1 amide bonds. The second-order valence-electron chi connectivity index (χ2n) is 10.2. The van der Waals surface area contributed by atoms with Gasteiger partial charge in [-0.3, -0.25) is 14.6 Å². The number of benzene rings is 2. The van der Waals surface area contributed by atoms with Gasteiger partial charge in [-0.25, -0.2) is 0 Å². The number of ether oxygens (including phenoxy) is 3. The van der Waals surface area contributed by atoms with Crippen molar-refractivity contribution in [1.82, 2.24) is 9.88 Å². The Morgan fingerprint density at radius 3 is 2.62 bits per heavy atom. The second-order valence-corrected chi connectivity index (χ2v) is 10.2. The molecule has 2 atom stereocenters. The number of amides is 1. The van der Waals surface area contributed by atoms with Crippen LogP contribution in [0.5, 0.6) is 17.2 Å². The number of aliphatic hydroxyl groups excluding tert-OH is 1. The van der Waals surface area contributed by atoms with E-state index in [1.54, 1.807) is 55.9 Å². The predicted molar refractivity (Wildman–Crippen MR) is 150 cm³/mol. The molecule has 1 N–H and O–H groups in total. The molecule has 8 heteroatoms. The van der Waals surface area contributed by atoms with Crippen LogP contribution in [0, 0.1) is 0 Å². The third-order valence-electron chi connectivity index (χ3n) is 7.32. The quantitative estimate of drug-likeness (QED) is 0.154. The number of pyridine rings is 1. The third-order valence-corrected chi connectivity index (χ3v) is 7.32. The number of aliphatic hydroxyl groups is 1. The Bertz CT molecular complexity index is 1430. The Hall–Kier alpha value is -4.33. The lowest BCUT2D eigenvalue weighted by molar-refractivity contribution is -0.140. The molecular formula is C32H34N2O6. The molecule has 2 aliphatic rings. The molecule has 0 radical (unpaired) electrons. The number of Topliss-reactive ketones (excluding diaryl/α,β-unsaturated/α-hetero) is 1. The molecule has 1 saturated heterocycles. The first-order valence-electron chi connectivity index (χ1n) is 13.7. The number of hydrogen-bond acceptors (Lipinski definition) is 7. The Morgan fingerprint density at radius 1 is 1.07 bits per heavy atom. The molecule has 5 rings (SSSR count). The largest absolute Gasteiger partial charge is 0.507 e. The number of likely N-dealkylation sites (tertiary alicyclic amines) is 1. The van der Waals surface area contributed by atoms with Gasteiger partial charge in [0, 0.05) is 30.9 Å². The van der Waals surface area contributed by atoms with E-state index in [4.69, 9.17) is 14.2 Å². The SMILES string of the molecule is CCCCCOc1ccc([C@H]2C(=C(O)c3ccc4c(c3)C[C@@H](C)O4)C(=O)C(=O)N2Cc2ccncc2)cc1OC. The van der Waals surface area contributed by atoms with Crippen LogP contribution in [0.25, 0.3) is 5.76 Å². The molecule has 208 valence electrons. The van der Waals surface area contributed by atoms with Crippen LogP contribution in [0.4, 0.5) is 0 Å². The van der Waals surface area contributed by atoms with Crippen molar-refractivity contribution in [2.24, 2.45) is 0 Å². The number of ketones is 1. The molecule has 40 heavy (non-hydrogen) atoms. The fourth-order valence-electron chi connectivity index (χ4n) is 5.31. The standard InChI is InChI=1S/C32H34N2O6/c1-4-5-6-15-39-26-10-7-22(18-27(26)38-3)29-28(30(35)23-8-9-25-24(17-23)16-20(2)40-25)31(36)32(37)34(29)19-21-11-13-33-14-12-21/h7-14,17-18,20,29,35H,4-6,15-16,19H2,1-3H3/t20-,29+/m1/s1. The van der Waals surface area contributed by atoms with Gasteiger partial charge in [0.25, 0.3) is 11.7 Å². The van der Waals surface area contributed by atoms with Crippen LogP contribution in [0.3, 0.4) is 0 Å². The number of carbonyl (C=O) groups is 2. The van der Waals surface area contributed by atoms with Gasteiger partial charge in [0.2, 0.25) is 0 Å². The minimum Gasteiger partial charge on any atom is -0.507 e. The molecular weight excluding hydrogens is 508 g/mol. The molecule has 2 aromatic carbocycles. The summed E-state index contributed by atoms with van der Waals surface area (Å²) in [6.45, 7) is 4.84. The minimum atomic E-state index is -0.834. The average Bonchev–Trinajstić information content (AvgIpc) is 3.46. The van der Waals surface area contributed by atoms with Crippen molar-refractivity contribution < 1.29 is 28.9 Å². The summed E-state index contributed by atoms with van der Waals surface area (Å²) in [6.07, 6.45) is 7.10. The van der Waals surface area contributed by atoms with Crippen LogP contribution in [0.1, 0.15) is 61.4 Å². The number of unbranched alkanes of at least 4 members (excludes halogenated alkanes) is 2. The first-order chi connectivity index (χ1) is 19.4. The fourth-order valence-corrected chi connectivity index (χ4v) is 5.31. The fraction of sp³-hybridized carbons (Fsp3) is 0.344. The Morgan fingerprint density at radius 2 is 1.88 bits per heavy atom. The van der Waals surface area contributed by atoms with Crippen molar-refractivity contribution in [3.05, 3.63) is 88.8 Å². The van der Waals surface area contributed by atoms with E-state index in [9.17, 15) is 14.7 Å². The van der Waals surface area contributed by atoms with Crippen LogP contribution in [0.2, 0.25) is 0 Å². The van der Waals surface area contributed by atoms with E-state index in [-0.39, 0.29) is 24.0 Å². The van der Waals surface area contributed by atoms with E-state index in [2.05, 4.69) is 11.9 Å². The number of nitrogens with zero attached hydrogens (tertiary/aromatic N) is 2. The minimum absolute atomic E-state index is 0.0321. The molecule has 0 saturated carbocycles. The van der Waals surface area contributed by atoms with Gasteiger partial charge in [0.05, 0.1) is 25.3 Å². The number of aromatic nitrogens is 1. The summed E-state index contributed by atoms with van der Waals surface area (Å²) in [5.74, 6) is 0.203. The number of hydrogen-bond donors (Lipinski definition) is 1. The molecule has 2 aliphatic heterocycles. The summed E-state index contributed by atoms with van der Waals surface area (Å²) in [5.41, 5.74) is 2.89. The van der Waals surface area contributed by atoms with Gasteiger partial charge in [0.15, 0.2) is 11.5 Å². The van der Waals surface area contributed by atoms with E-state index < -0.39 is 17.7 Å². The van der Waals surface area contributed by atoms with E-state index in [0.717, 1.165) is 36.1 Å². The van der Waals surface area contributed by atoms with E-state index in [1.165, 1.54) is 4.90 Å². The molecule has 8 nitrogen and oxygen atoms in total. The summed E-state index contributed by atoms with van der Waals surface area (Å²) in [7, 11) is 1.56. The average molecular weight is 543 g/mol. The maximum atomic E-state index is 13.5. The van der Waals surface area contributed by atoms with Gasteiger partial charge < -0.3 is 24.2 Å². The van der Waals surface area contributed by atoms with E-state index in [1.807, 2.05) is 19.1 Å². The lowest BCUT2D eigenvalue weighted by atomic mass is 9.94. The molecule has 1 aromatic heterocycles. The molecule has 1 fully saturated rings. The smallest absolute Gasteiger partial charge is 0.295 e. The number of carbonyl (C=O) groups excluding carboxylic acids is 2. The van der Waals surface area contributed by atoms with Crippen molar-refractivity contribution in [3.63, 3.8) is 0 Å². The van der Waals surface area contributed by atoms with Crippen molar-refractivity contribution in [1.29, 1.82) is 0 Å². The highest BCUT2D eigenvalue weighted by Crippen LogP contribution is 2.43. The first kappa shape index (κ1) is 27.2. The summed E-state index contributed by atoms with van der Waals surface area (Å²) in [4.78, 5) is 32.5. The zero-order chi connectivity index (χ0) is 28.2. The first-order valence-corrected chi connectivity index (χ1v) is 13.7. The lowest BCUT2D eigenvalue weighted by Crippen LogP contribution is -2.29. The molecule has 3 heterocycles. The van der Waals surface area contributed by atoms with Gasteiger partial charge in [-0.15, -0.1) is 0 Å². The van der Waals surface area contributed by atoms with Crippen LogP contribution < -0.4 is 14.2 Å². The molecule has 0 spiro atoms. The summed E-state index contributed by atoms with van der Waals surface area (Å²) in [5, 5.41) is 11.5. The van der Waals surface area contributed by atoms with Crippen molar-refractivity contribution >= 4 is 17.4 Å². The third kappa shape index (κ3) is 5.39. The van der Waals surface area contributed by atoms with Crippen LogP contribution in [-0.4, -0.2) is 46.5 Å². The maximum absolute atomic E-state index is 13.5. The number of methoxy groups -OCH3 is 1. The number of rotatable bonds is 10.